The molecule has 9 aromatic rings. The van der Waals surface area contributed by atoms with Crippen molar-refractivity contribution in [3.05, 3.63) is 290 Å². The maximum Gasteiger partial charge on any atom is 0.425 e. The first kappa shape index (κ1) is 123. The number of carbonyl (C=O) groups is 5. The number of hydrogen-bond donors (Lipinski definition) is 0. The number of nitro groups is 3. The van der Waals surface area contributed by atoms with Crippen molar-refractivity contribution in [3.8, 4) is 0 Å². The number of aryl methyl sites for hydroxylation is 10. The van der Waals surface area contributed by atoms with Crippen molar-refractivity contribution >= 4 is 126 Å². The molecule has 131 heavy (non-hydrogen) atoms. The molecule has 0 aliphatic carbocycles. The van der Waals surface area contributed by atoms with Gasteiger partial charge in [-0.25, -0.2) is 26.6 Å². The summed E-state index contributed by atoms with van der Waals surface area (Å²) in [6.07, 6.45) is 12.7. The highest BCUT2D eigenvalue weighted by atomic mass is 35.5. The van der Waals surface area contributed by atoms with Crippen LogP contribution in [0.4, 0.5) is 39.0 Å². The van der Waals surface area contributed by atoms with Gasteiger partial charge in [-0.3, -0.25) is 68.9 Å². The largest absolute Gasteiger partial charge is 0.425 e. The van der Waals surface area contributed by atoms with Crippen molar-refractivity contribution in [2.75, 3.05) is 26.2 Å². The molecular weight excluding hydrogens is 1820 g/mol. The van der Waals surface area contributed by atoms with E-state index in [9.17, 15) is 81.1 Å². The zero-order valence-electron chi connectivity index (χ0n) is 78.5. The van der Waals surface area contributed by atoms with Crippen LogP contribution in [0.3, 0.4) is 0 Å². The van der Waals surface area contributed by atoms with E-state index >= 15 is 0 Å². The first-order valence-electron chi connectivity index (χ1n) is 43.2. The van der Waals surface area contributed by atoms with Gasteiger partial charge in [0.2, 0.25) is 35.4 Å². The van der Waals surface area contributed by atoms with Gasteiger partial charge in [0.1, 0.15) is 5.52 Å². The van der Waals surface area contributed by atoms with Crippen LogP contribution >= 0.6 is 58.0 Å². The quantitative estimate of drug-likeness (QED) is 0.0217. The Labute approximate surface area is 793 Å². The molecule has 12 rings (SSSR count). The molecule has 4 heterocycles. The lowest BCUT2D eigenvalue weighted by Crippen LogP contribution is -2.28. The van der Waals surface area contributed by atoms with Crippen LogP contribution in [0, 0.1) is 93.0 Å². The Balaban J connectivity index is 0. The number of imide groups is 2. The number of fused-ring (bicyclic) bond motifs is 1. The molecule has 35 heteroatoms. The van der Waals surface area contributed by atoms with E-state index in [1.807, 2.05) is 77.6 Å². The Bertz CT molecular complexity index is 5110. The molecule has 3 saturated heterocycles. The van der Waals surface area contributed by atoms with Crippen LogP contribution in [0.15, 0.2) is 138 Å². The minimum absolute atomic E-state index is 0.0255. The lowest BCUT2D eigenvalue weighted by molar-refractivity contribution is -0.385. The Morgan fingerprint density at radius 2 is 0.824 bits per heavy atom. The van der Waals surface area contributed by atoms with E-state index < -0.39 is 45.3 Å². The number of nitro benzene ring substituents is 3. The summed E-state index contributed by atoms with van der Waals surface area (Å²) in [7, 11) is -3.11. The van der Waals surface area contributed by atoms with Gasteiger partial charge in [-0.2, -0.15) is 0 Å². The fourth-order valence-electron chi connectivity index (χ4n) is 11.3. The molecule has 0 spiro atoms. The van der Waals surface area contributed by atoms with Gasteiger partial charge in [-0.1, -0.05) is 268 Å². The Hall–Kier alpha value is -10.5. The summed E-state index contributed by atoms with van der Waals surface area (Å²) in [6.45, 7) is 43.8. The minimum atomic E-state index is -3.11. The van der Waals surface area contributed by atoms with Crippen LogP contribution in [0.5, 0.6) is 0 Å². The third-order valence-electron chi connectivity index (χ3n) is 19.5. The molecule has 0 saturated carbocycles. The molecule has 5 amide bonds. The number of unbranched alkanes of at least 4 members (excludes halogenated alkanes) is 1. The molecule has 24 nitrogen and oxygen atoms in total. The van der Waals surface area contributed by atoms with Crippen molar-refractivity contribution in [1.82, 2.24) is 29.7 Å². The molecule has 720 valence electrons. The summed E-state index contributed by atoms with van der Waals surface area (Å²) in [5.41, 5.74) is 12.2. The van der Waals surface area contributed by atoms with Crippen LogP contribution in [0.1, 0.15) is 230 Å². The summed E-state index contributed by atoms with van der Waals surface area (Å²) in [4.78, 5) is 99.6. The van der Waals surface area contributed by atoms with Crippen molar-refractivity contribution in [2.24, 2.45) is 5.92 Å². The van der Waals surface area contributed by atoms with E-state index in [0.29, 0.717) is 85.0 Å². The Morgan fingerprint density at radius 1 is 0.412 bits per heavy atom. The van der Waals surface area contributed by atoms with Gasteiger partial charge in [-0.15, -0.1) is 17.7 Å². The average molecular weight is 1950 g/mol. The molecule has 1 aromatic heterocycles. The van der Waals surface area contributed by atoms with Gasteiger partial charge >= 0.3 is 10.6 Å². The maximum atomic E-state index is 12.7. The number of benzene rings is 8. The highest BCUT2D eigenvalue weighted by molar-refractivity contribution is 7.59. The second-order valence-corrected chi connectivity index (χ2v) is 31.3. The molecule has 8 aromatic carbocycles. The smallest absolute Gasteiger partial charge is 0.343 e. The van der Waals surface area contributed by atoms with E-state index in [4.69, 9.17) is 70.6 Å². The lowest BCUT2D eigenvalue weighted by atomic mass is 10.0. The summed E-state index contributed by atoms with van der Waals surface area (Å²) in [5.74, 6) is -8.30. The van der Waals surface area contributed by atoms with E-state index in [1.165, 1.54) is 92.2 Å². The lowest BCUT2D eigenvalue weighted by Gasteiger charge is -2.10. The predicted molar refractivity (Wildman–Crippen MR) is 514 cm³/mol. The normalized spacial score (nSPS) is 11.7. The fourth-order valence-corrected chi connectivity index (χ4v) is 12.8. The van der Waals surface area contributed by atoms with Crippen LogP contribution in [-0.2, 0) is 86.1 Å². The summed E-state index contributed by atoms with van der Waals surface area (Å²) >= 11 is 29.3. The predicted octanol–water partition coefficient (Wildman–Crippen LogP) is 25.3. The monoisotopic (exact) mass is 1950 g/mol. The molecule has 3 fully saturated rings. The van der Waals surface area contributed by atoms with Crippen LogP contribution in [-0.4, -0.2) is 113 Å². The number of likely N-dealkylation sites (tertiary alicyclic amines) is 3. The number of nitrogens with zero attached hydrogens (tertiary/aromatic N) is 9. The van der Waals surface area contributed by atoms with E-state index in [0.717, 1.165) is 79.8 Å². The summed E-state index contributed by atoms with van der Waals surface area (Å²) in [6, 6.07) is 40.8. The van der Waals surface area contributed by atoms with Crippen molar-refractivity contribution in [2.45, 2.75) is 248 Å². The third kappa shape index (κ3) is 45.0. The number of para-hydroxylation sites is 1. The zero-order valence-corrected chi connectivity index (χ0v) is 83.1. The van der Waals surface area contributed by atoms with Gasteiger partial charge < -0.3 is 4.90 Å². The number of aromatic nitrogens is 3. The van der Waals surface area contributed by atoms with Crippen LogP contribution in [0.25, 0.3) is 10.9 Å². The van der Waals surface area contributed by atoms with Crippen molar-refractivity contribution in [3.63, 3.8) is 0 Å². The Morgan fingerprint density at radius 3 is 1.16 bits per heavy atom. The van der Waals surface area contributed by atoms with Gasteiger partial charge in [0, 0.05) is 106 Å². The number of carbonyl (C=O) groups excluding carboxylic acids is 5. The van der Waals surface area contributed by atoms with Gasteiger partial charge in [0.15, 0.2) is 23.3 Å². The molecule has 0 radical (unpaired) electrons. The van der Waals surface area contributed by atoms with E-state index in [-0.39, 0.29) is 82.5 Å². The topological polar surface area (TPSA) is 323 Å². The fraction of sp³-hybridized carbons (Fsp3) is 0.438. The molecule has 0 atom stereocenters. The SMILES string of the molecule is CCC(C)C.CCCC.CCN1C(=O)CCC1=O.CCN1C(=O)CCC1=O.CCN1CCCC1=O.CCc1c(Cl)c(Cl)c(Cl)c(Cl)c1Cl.CCc1c(F)c(F)c(F)c(F)c1F.CCc1ccc(C)cc1C.CCc1ccc([N+](=O)[O-])cc1.CCc1ccc([N+](=O)[O-])cc1C.CCc1cccc(C)c1.CCc1ccccc1[N+](=O)[O-].CCn1nnc2ccccc2c1=O.O=S(=O)=O. The molecule has 0 unspecified atom stereocenters. The second kappa shape index (κ2) is 67.6. The van der Waals surface area contributed by atoms with Gasteiger partial charge in [-0.05, 0) is 164 Å². The molecule has 0 bridgehead atoms. The number of halogens is 10. The summed E-state index contributed by atoms with van der Waals surface area (Å²) in [5, 5.41) is 40.8. The standard InChI is InChI=1S/C10H14.C9H9N3O.C9H11NO2.C9H12.C8H5Cl5.C8H5F5.2C8H9NO2.2C6H9NO2.C6H11NO.C5H12.C4H10.O3S/c1-4-10-6-5-8(2)7-9(10)3;1-2-12-9(13)7-5-3-4-6-8(7)10-11-12;1-3-8-4-5-9(10(11)12)6-7(8)2;1-3-9-6-4-5-8(2)7-9;2*1-2-3-4(9)6(11)8(13)7(12)5(3)10;1-2-7-3-5-8(6-4-7)9(10)11;1-2-7-5-3-4-6-8(7)9(10)11;2*1-2-7-5(8)3-4-6(7)9;1-2-7-5-3-4-6(7)8;1-4-5(2)3;1-3-4-2;1-4(2)3/h5-7H,4H2,1-3H3;3-6H,2H2,1H3;4-6H,3H2,1-2H3;4-7H,3H2,1-2H3;2*2H2,1H3;2*3-6H,2H2,1H3;2*2-4H2,1H3;2-5H2,1H3;5H,4H2,1-3H3;3-4H2,1-2H3;. The molecular formula is C96H125Cl5F5N9O15S. The van der Waals surface area contributed by atoms with Gasteiger partial charge in [0.25, 0.3) is 22.6 Å². The molecule has 3 aliphatic rings. The van der Waals surface area contributed by atoms with E-state index in [1.54, 1.807) is 62.4 Å². The van der Waals surface area contributed by atoms with Crippen LogP contribution < -0.4 is 5.56 Å². The first-order chi connectivity index (χ1) is 61.8. The minimum Gasteiger partial charge on any atom is -0.343 e. The second-order valence-electron chi connectivity index (χ2n) is 29.0. The Kier molecular flexibility index (Phi) is 63.3. The third-order valence-corrected chi connectivity index (χ3v) is 21.8. The molecule has 3 aliphatic heterocycles. The first-order valence-corrected chi connectivity index (χ1v) is 46.0. The van der Waals surface area contributed by atoms with Crippen molar-refractivity contribution < 1.29 is 73.3 Å². The average Bonchev–Trinajstić information content (AvgIpc) is 1.23. The number of rotatable bonds is 16. The highest BCUT2D eigenvalue weighted by Crippen LogP contribution is 2.44. The number of hydrogen-bond acceptors (Lipinski definition) is 17. The van der Waals surface area contributed by atoms with Crippen LogP contribution in [0.2, 0.25) is 25.1 Å². The van der Waals surface area contributed by atoms with Gasteiger partial charge in [0.05, 0.1) is 45.3 Å². The van der Waals surface area contributed by atoms with E-state index in [2.05, 4.69) is 122 Å². The van der Waals surface area contributed by atoms with Crippen molar-refractivity contribution in [1.29, 1.82) is 0 Å². The number of amides is 5. The summed E-state index contributed by atoms with van der Waals surface area (Å²) < 4.78 is 89.3. The molecule has 0 N–H and O–H groups in total. The highest BCUT2D eigenvalue weighted by Gasteiger charge is 2.29. The zero-order chi connectivity index (χ0) is 100. The number of non-ortho nitro benzene ring substituents is 2. The maximum absolute atomic E-state index is 12.7.